The Labute approximate surface area is 161 Å². The molecule has 1 aliphatic rings. The van der Waals surface area contributed by atoms with Gasteiger partial charge in [0.1, 0.15) is 0 Å². The van der Waals surface area contributed by atoms with Gasteiger partial charge in [0.25, 0.3) is 0 Å². The van der Waals surface area contributed by atoms with Gasteiger partial charge in [-0.05, 0) is 36.5 Å². The fourth-order valence-corrected chi connectivity index (χ4v) is 3.82. The van der Waals surface area contributed by atoms with Gasteiger partial charge in [-0.1, -0.05) is 62.4 Å². The smallest absolute Gasteiger partial charge is 0.229 e. The van der Waals surface area contributed by atoms with Crippen molar-refractivity contribution < 1.29 is 9.59 Å². The van der Waals surface area contributed by atoms with Crippen LogP contribution in [0.2, 0.25) is 0 Å². The third kappa shape index (κ3) is 4.05. The molecule has 3 rings (SSSR count). The molecule has 1 aliphatic heterocycles. The standard InChI is InChI=1S/C23H28N2O2/c1-4-17-12-9-13-18(5-2)22(17)24-23(27)20-14-21(26)25(15-20)16(3)19-10-7-6-8-11-19/h6-13,16,20H,4-5,14-15H2,1-3H3,(H,24,27)/t16-,20-/m1/s1. The number of rotatable bonds is 6. The molecule has 2 aromatic carbocycles. The molecular weight excluding hydrogens is 336 g/mol. The Kier molecular flexibility index (Phi) is 5.94. The van der Waals surface area contributed by atoms with Gasteiger partial charge in [-0.2, -0.15) is 0 Å². The molecule has 142 valence electrons. The van der Waals surface area contributed by atoms with Crippen molar-refractivity contribution in [2.24, 2.45) is 5.92 Å². The van der Waals surface area contributed by atoms with Crippen LogP contribution >= 0.6 is 0 Å². The molecule has 1 saturated heterocycles. The number of nitrogens with zero attached hydrogens (tertiary/aromatic N) is 1. The van der Waals surface area contributed by atoms with Crippen molar-refractivity contribution >= 4 is 17.5 Å². The van der Waals surface area contributed by atoms with Gasteiger partial charge >= 0.3 is 0 Å². The summed E-state index contributed by atoms with van der Waals surface area (Å²) in [5.41, 5.74) is 4.30. The topological polar surface area (TPSA) is 49.4 Å². The molecular formula is C23H28N2O2. The van der Waals surface area contributed by atoms with E-state index in [-0.39, 0.29) is 30.2 Å². The highest BCUT2D eigenvalue weighted by Gasteiger charge is 2.37. The van der Waals surface area contributed by atoms with Crippen LogP contribution in [0.25, 0.3) is 0 Å². The first kappa shape index (κ1) is 19.2. The molecule has 4 heteroatoms. The summed E-state index contributed by atoms with van der Waals surface area (Å²) in [4.78, 5) is 27.3. The van der Waals surface area contributed by atoms with E-state index in [0.717, 1.165) is 35.2 Å². The number of amides is 2. The van der Waals surface area contributed by atoms with Crippen LogP contribution in [-0.4, -0.2) is 23.3 Å². The van der Waals surface area contributed by atoms with E-state index in [1.165, 1.54) is 0 Å². The molecule has 2 aromatic rings. The Morgan fingerprint density at radius 3 is 2.30 bits per heavy atom. The van der Waals surface area contributed by atoms with Crippen LogP contribution < -0.4 is 5.32 Å². The molecule has 0 aliphatic carbocycles. The SMILES string of the molecule is CCc1cccc(CC)c1NC(=O)[C@@H]1CC(=O)N([C@H](C)c2ccccc2)C1. The van der Waals surface area contributed by atoms with Gasteiger partial charge in [-0.25, -0.2) is 0 Å². The fraction of sp³-hybridized carbons (Fsp3) is 0.391. The molecule has 1 N–H and O–H groups in total. The van der Waals surface area contributed by atoms with E-state index in [2.05, 4.69) is 31.3 Å². The largest absolute Gasteiger partial charge is 0.335 e. The predicted molar refractivity (Wildman–Crippen MR) is 109 cm³/mol. The normalized spacial score (nSPS) is 17.8. The quantitative estimate of drug-likeness (QED) is 0.828. The lowest BCUT2D eigenvalue weighted by Gasteiger charge is -2.25. The number of hydrogen-bond acceptors (Lipinski definition) is 2. The van der Waals surface area contributed by atoms with Crippen molar-refractivity contribution in [2.45, 2.75) is 46.1 Å². The first-order chi connectivity index (χ1) is 13.0. The Hall–Kier alpha value is -2.62. The maximum absolute atomic E-state index is 12.9. The van der Waals surface area contributed by atoms with Crippen LogP contribution in [0.3, 0.4) is 0 Å². The average molecular weight is 364 g/mol. The minimum atomic E-state index is -0.307. The van der Waals surface area contributed by atoms with Gasteiger partial charge in [-0.15, -0.1) is 0 Å². The summed E-state index contributed by atoms with van der Waals surface area (Å²) in [5.74, 6) is -0.314. The zero-order valence-corrected chi connectivity index (χ0v) is 16.4. The highest BCUT2D eigenvalue weighted by atomic mass is 16.2. The molecule has 1 heterocycles. The van der Waals surface area contributed by atoms with E-state index in [0.29, 0.717) is 6.54 Å². The summed E-state index contributed by atoms with van der Waals surface area (Å²) in [6.45, 7) is 6.67. The third-order valence-corrected chi connectivity index (χ3v) is 5.53. The molecule has 4 nitrogen and oxygen atoms in total. The number of carbonyl (C=O) groups is 2. The number of likely N-dealkylation sites (tertiary alicyclic amines) is 1. The summed E-state index contributed by atoms with van der Waals surface area (Å²) < 4.78 is 0. The first-order valence-corrected chi connectivity index (χ1v) is 9.81. The van der Waals surface area contributed by atoms with Crippen LogP contribution in [0, 0.1) is 5.92 Å². The first-order valence-electron chi connectivity index (χ1n) is 9.81. The second kappa shape index (κ2) is 8.38. The lowest BCUT2D eigenvalue weighted by Crippen LogP contribution is -2.30. The van der Waals surface area contributed by atoms with Gasteiger partial charge in [0, 0.05) is 18.7 Å². The van der Waals surface area contributed by atoms with Crippen LogP contribution in [0.15, 0.2) is 48.5 Å². The van der Waals surface area contributed by atoms with E-state index in [9.17, 15) is 9.59 Å². The molecule has 0 aromatic heterocycles. The van der Waals surface area contributed by atoms with Crippen LogP contribution in [0.1, 0.15) is 49.9 Å². The molecule has 2 amide bonds. The predicted octanol–water partition coefficient (Wildman–Crippen LogP) is 4.36. The molecule has 0 radical (unpaired) electrons. The maximum atomic E-state index is 12.9. The second-order valence-electron chi connectivity index (χ2n) is 7.18. The van der Waals surface area contributed by atoms with Gasteiger partial charge in [0.2, 0.25) is 11.8 Å². The molecule has 0 saturated carbocycles. The van der Waals surface area contributed by atoms with Gasteiger partial charge in [-0.3, -0.25) is 9.59 Å². The van der Waals surface area contributed by atoms with Crippen molar-refractivity contribution in [1.29, 1.82) is 0 Å². The Balaban J connectivity index is 1.73. The van der Waals surface area contributed by atoms with Gasteiger partial charge in [0.05, 0.1) is 12.0 Å². The van der Waals surface area contributed by atoms with E-state index >= 15 is 0 Å². The van der Waals surface area contributed by atoms with Crippen LogP contribution in [0.4, 0.5) is 5.69 Å². The van der Waals surface area contributed by atoms with Crippen molar-refractivity contribution in [2.75, 3.05) is 11.9 Å². The maximum Gasteiger partial charge on any atom is 0.229 e. The molecule has 0 unspecified atom stereocenters. The highest BCUT2D eigenvalue weighted by Crippen LogP contribution is 2.30. The van der Waals surface area contributed by atoms with E-state index in [1.807, 2.05) is 48.2 Å². The fourth-order valence-electron chi connectivity index (χ4n) is 3.82. The molecule has 0 bridgehead atoms. The summed E-state index contributed by atoms with van der Waals surface area (Å²) in [6, 6.07) is 16.1. The minimum absolute atomic E-state index is 0.0226. The third-order valence-electron chi connectivity index (χ3n) is 5.53. The van der Waals surface area contributed by atoms with Crippen LogP contribution in [-0.2, 0) is 22.4 Å². The number of hydrogen-bond donors (Lipinski definition) is 1. The monoisotopic (exact) mass is 364 g/mol. The van der Waals surface area contributed by atoms with E-state index in [1.54, 1.807) is 0 Å². The molecule has 2 atom stereocenters. The summed E-state index contributed by atoms with van der Waals surface area (Å²) >= 11 is 0. The zero-order chi connectivity index (χ0) is 19.4. The number of benzene rings is 2. The van der Waals surface area contributed by atoms with E-state index < -0.39 is 0 Å². The van der Waals surface area contributed by atoms with Crippen LogP contribution in [0.5, 0.6) is 0 Å². The Morgan fingerprint density at radius 2 is 1.70 bits per heavy atom. The average Bonchev–Trinajstić information content (AvgIpc) is 3.10. The molecule has 27 heavy (non-hydrogen) atoms. The van der Waals surface area contributed by atoms with Crippen molar-refractivity contribution in [1.82, 2.24) is 4.90 Å². The number of para-hydroxylation sites is 1. The molecule has 1 fully saturated rings. The molecule has 0 spiro atoms. The van der Waals surface area contributed by atoms with E-state index in [4.69, 9.17) is 0 Å². The Morgan fingerprint density at radius 1 is 1.07 bits per heavy atom. The number of aryl methyl sites for hydroxylation is 2. The lowest BCUT2D eigenvalue weighted by atomic mass is 10.0. The van der Waals surface area contributed by atoms with Crippen molar-refractivity contribution in [3.63, 3.8) is 0 Å². The number of carbonyl (C=O) groups excluding carboxylic acids is 2. The van der Waals surface area contributed by atoms with Gasteiger partial charge in [0.15, 0.2) is 0 Å². The highest BCUT2D eigenvalue weighted by molar-refractivity contribution is 5.98. The lowest BCUT2D eigenvalue weighted by molar-refractivity contribution is -0.129. The summed E-state index contributed by atoms with van der Waals surface area (Å²) in [7, 11) is 0. The van der Waals surface area contributed by atoms with Gasteiger partial charge < -0.3 is 10.2 Å². The summed E-state index contributed by atoms with van der Waals surface area (Å²) in [5, 5.41) is 3.12. The second-order valence-corrected chi connectivity index (χ2v) is 7.18. The number of anilines is 1. The summed E-state index contributed by atoms with van der Waals surface area (Å²) in [6.07, 6.45) is 2.01. The zero-order valence-electron chi connectivity index (χ0n) is 16.4. The van der Waals surface area contributed by atoms with Crippen molar-refractivity contribution in [3.8, 4) is 0 Å². The van der Waals surface area contributed by atoms with Crippen molar-refractivity contribution in [3.05, 3.63) is 65.2 Å². The number of nitrogens with one attached hydrogen (secondary N) is 1. The minimum Gasteiger partial charge on any atom is -0.335 e. The Bertz CT molecular complexity index is 794.